The Bertz CT molecular complexity index is 171. The number of rotatable bonds is 9. The Labute approximate surface area is 102 Å². The first-order chi connectivity index (χ1) is 7.63. The summed E-state index contributed by atoms with van der Waals surface area (Å²) >= 11 is 0. The molecule has 0 aliphatic heterocycles. The summed E-state index contributed by atoms with van der Waals surface area (Å²) in [5.41, 5.74) is 0. The Kier molecular flexibility index (Phi) is 9.98. The third-order valence-electron chi connectivity index (χ3n) is 2.30. The molecule has 0 saturated heterocycles. The van der Waals surface area contributed by atoms with E-state index < -0.39 is 0 Å². The number of allylic oxidation sites excluding steroid dienone is 2. The first-order valence-electron chi connectivity index (χ1n) is 6.29. The van der Waals surface area contributed by atoms with Gasteiger partial charge < -0.3 is 9.80 Å². The molecule has 0 aromatic carbocycles. The normalized spacial score (nSPS) is 11.5. The van der Waals surface area contributed by atoms with Gasteiger partial charge >= 0.3 is 0 Å². The molecule has 0 N–H and O–H groups in total. The fraction of sp³-hybridized carbons (Fsp3) is 0.714. The topological polar surface area (TPSA) is 6.48 Å². The Morgan fingerprint density at radius 3 is 1.31 bits per heavy atom. The summed E-state index contributed by atoms with van der Waals surface area (Å²) in [6, 6.07) is 0. The largest absolute Gasteiger partial charge is 0.384 e. The van der Waals surface area contributed by atoms with Crippen molar-refractivity contribution in [3.8, 4) is 0 Å². The van der Waals surface area contributed by atoms with Crippen LogP contribution in [0.3, 0.4) is 0 Å². The van der Waals surface area contributed by atoms with E-state index in [9.17, 15) is 0 Å². The summed E-state index contributed by atoms with van der Waals surface area (Å²) in [4.78, 5) is 4.18. The highest BCUT2D eigenvalue weighted by Gasteiger charge is 1.88. The molecule has 0 rings (SSSR count). The quantitative estimate of drug-likeness (QED) is 0.553. The van der Waals surface area contributed by atoms with E-state index in [2.05, 4.69) is 62.5 Å². The predicted octanol–water partition coefficient (Wildman–Crippen LogP) is 3.48. The van der Waals surface area contributed by atoms with Crippen molar-refractivity contribution in [1.29, 1.82) is 0 Å². The maximum absolute atomic E-state index is 2.26. The average molecular weight is 224 g/mol. The Balaban J connectivity index is 3.16. The number of hydrogen-bond donors (Lipinski definition) is 0. The van der Waals surface area contributed by atoms with E-state index in [1.807, 2.05) is 0 Å². The zero-order valence-electron chi connectivity index (χ0n) is 11.4. The lowest BCUT2D eigenvalue weighted by molar-refractivity contribution is 0.556. The van der Waals surface area contributed by atoms with E-state index >= 15 is 0 Å². The molecule has 0 aromatic rings. The Morgan fingerprint density at radius 2 is 1.00 bits per heavy atom. The van der Waals surface area contributed by atoms with Crippen molar-refractivity contribution >= 4 is 0 Å². The second kappa shape index (κ2) is 10.6. The van der Waals surface area contributed by atoms with E-state index in [0.29, 0.717) is 0 Å². The van der Waals surface area contributed by atoms with Gasteiger partial charge in [-0.15, -0.1) is 0 Å². The van der Waals surface area contributed by atoms with Crippen molar-refractivity contribution in [2.24, 2.45) is 0 Å². The van der Waals surface area contributed by atoms with E-state index in [1.165, 1.54) is 38.5 Å². The van der Waals surface area contributed by atoms with Crippen molar-refractivity contribution in [3.05, 3.63) is 24.6 Å². The summed E-state index contributed by atoms with van der Waals surface area (Å²) in [5.74, 6) is 0. The van der Waals surface area contributed by atoms with Crippen molar-refractivity contribution in [2.75, 3.05) is 28.2 Å². The molecular formula is C14H28N2. The van der Waals surface area contributed by atoms with Crippen molar-refractivity contribution in [1.82, 2.24) is 9.80 Å². The van der Waals surface area contributed by atoms with Crippen LogP contribution < -0.4 is 0 Å². The monoisotopic (exact) mass is 224 g/mol. The molecule has 0 radical (unpaired) electrons. The molecular weight excluding hydrogens is 196 g/mol. The minimum Gasteiger partial charge on any atom is -0.384 e. The minimum atomic E-state index is 1.21. The fourth-order valence-corrected chi connectivity index (χ4v) is 1.45. The number of unbranched alkanes of at least 4 members (excludes halogenated alkanes) is 5. The SMILES string of the molecule is CN(C)C=CCCCCCCC=CN(C)C. The van der Waals surface area contributed by atoms with Crippen molar-refractivity contribution < 1.29 is 0 Å². The van der Waals surface area contributed by atoms with Gasteiger partial charge in [-0.2, -0.15) is 0 Å². The van der Waals surface area contributed by atoms with E-state index in [-0.39, 0.29) is 0 Å². The van der Waals surface area contributed by atoms with Gasteiger partial charge in [-0.3, -0.25) is 0 Å². The molecule has 0 bridgehead atoms. The molecule has 16 heavy (non-hydrogen) atoms. The summed E-state index contributed by atoms with van der Waals surface area (Å²) < 4.78 is 0. The van der Waals surface area contributed by atoms with Crippen LogP contribution in [-0.2, 0) is 0 Å². The smallest absolute Gasteiger partial charge is 0.00555 e. The molecule has 2 nitrogen and oxygen atoms in total. The van der Waals surface area contributed by atoms with Gasteiger partial charge in [-0.1, -0.05) is 25.0 Å². The molecule has 94 valence electrons. The molecule has 0 aliphatic carbocycles. The zero-order valence-corrected chi connectivity index (χ0v) is 11.4. The highest BCUT2D eigenvalue weighted by Crippen LogP contribution is 2.06. The Hall–Kier alpha value is -0.920. The van der Waals surface area contributed by atoms with Gasteiger partial charge in [0.15, 0.2) is 0 Å². The third kappa shape index (κ3) is 13.1. The lowest BCUT2D eigenvalue weighted by atomic mass is 10.1. The summed E-state index contributed by atoms with van der Waals surface area (Å²) in [7, 11) is 8.25. The average Bonchev–Trinajstić information content (AvgIpc) is 2.20. The molecule has 0 aromatic heterocycles. The van der Waals surface area contributed by atoms with Crippen LogP contribution in [0.4, 0.5) is 0 Å². The second-order valence-corrected chi connectivity index (χ2v) is 4.69. The van der Waals surface area contributed by atoms with Crippen LogP contribution >= 0.6 is 0 Å². The van der Waals surface area contributed by atoms with Crippen LogP contribution in [0.1, 0.15) is 38.5 Å². The highest BCUT2D eigenvalue weighted by molar-refractivity contribution is 4.80. The molecule has 0 heterocycles. The van der Waals surface area contributed by atoms with Gasteiger partial charge in [0, 0.05) is 28.2 Å². The summed E-state index contributed by atoms with van der Waals surface area (Å²) in [5, 5.41) is 0. The zero-order chi connectivity index (χ0) is 12.2. The molecule has 2 heteroatoms. The second-order valence-electron chi connectivity index (χ2n) is 4.69. The third-order valence-corrected chi connectivity index (χ3v) is 2.30. The molecule has 0 atom stereocenters. The molecule has 0 amide bonds. The van der Waals surface area contributed by atoms with Gasteiger partial charge in [0.25, 0.3) is 0 Å². The molecule has 0 spiro atoms. The van der Waals surface area contributed by atoms with Gasteiger partial charge in [0.05, 0.1) is 0 Å². The van der Waals surface area contributed by atoms with Crippen molar-refractivity contribution in [3.63, 3.8) is 0 Å². The molecule has 0 saturated carbocycles. The van der Waals surface area contributed by atoms with Crippen LogP contribution in [0, 0.1) is 0 Å². The summed E-state index contributed by atoms with van der Waals surface area (Å²) in [6.45, 7) is 0. The van der Waals surface area contributed by atoms with Gasteiger partial charge in [-0.05, 0) is 38.1 Å². The van der Waals surface area contributed by atoms with E-state index in [4.69, 9.17) is 0 Å². The van der Waals surface area contributed by atoms with Gasteiger partial charge in [0.2, 0.25) is 0 Å². The number of hydrogen-bond acceptors (Lipinski definition) is 2. The lowest BCUT2D eigenvalue weighted by Crippen LogP contribution is -1.99. The molecule has 0 fully saturated rings. The predicted molar refractivity (Wildman–Crippen MR) is 73.4 cm³/mol. The number of nitrogens with zero attached hydrogens (tertiary/aromatic N) is 2. The highest BCUT2D eigenvalue weighted by atomic mass is 15.0. The fourth-order valence-electron chi connectivity index (χ4n) is 1.45. The Morgan fingerprint density at radius 1 is 0.625 bits per heavy atom. The van der Waals surface area contributed by atoms with Crippen LogP contribution in [-0.4, -0.2) is 38.0 Å². The minimum absolute atomic E-state index is 1.21. The first kappa shape index (κ1) is 15.1. The lowest BCUT2D eigenvalue weighted by Gasteiger charge is -2.03. The summed E-state index contributed by atoms with van der Waals surface area (Å²) in [6.07, 6.45) is 16.6. The maximum Gasteiger partial charge on any atom is 0.00555 e. The molecule has 0 unspecified atom stereocenters. The van der Waals surface area contributed by atoms with Crippen LogP contribution in [0.15, 0.2) is 24.6 Å². The van der Waals surface area contributed by atoms with E-state index in [1.54, 1.807) is 0 Å². The van der Waals surface area contributed by atoms with Crippen molar-refractivity contribution in [2.45, 2.75) is 38.5 Å². The van der Waals surface area contributed by atoms with Crippen LogP contribution in [0.25, 0.3) is 0 Å². The van der Waals surface area contributed by atoms with E-state index in [0.717, 1.165) is 0 Å². The van der Waals surface area contributed by atoms with Gasteiger partial charge in [-0.25, -0.2) is 0 Å². The van der Waals surface area contributed by atoms with Crippen LogP contribution in [0.2, 0.25) is 0 Å². The maximum atomic E-state index is 2.26. The molecule has 0 aliphatic rings. The van der Waals surface area contributed by atoms with Gasteiger partial charge in [0.1, 0.15) is 0 Å². The van der Waals surface area contributed by atoms with Crippen LogP contribution in [0.5, 0.6) is 0 Å². The standard InChI is InChI=1S/C14H28N2/c1-15(2)13-11-9-7-5-6-8-10-12-14-16(3)4/h11-14H,5-10H2,1-4H3. The first-order valence-corrected chi connectivity index (χ1v) is 6.29.